The molecule has 2 rings (SSSR count). The Morgan fingerprint density at radius 3 is 2.59 bits per heavy atom. The van der Waals surface area contributed by atoms with E-state index in [1.165, 1.54) is 18.3 Å². The van der Waals surface area contributed by atoms with Crippen LogP contribution in [0.5, 0.6) is 0 Å². The third-order valence-corrected chi connectivity index (χ3v) is 4.13. The minimum atomic E-state index is -4.43. The monoisotopic (exact) mass is 442 g/mol. The molecule has 0 aromatic heterocycles. The summed E-state index contributed by atoms with van der Waals surface area (Å²) in [6.45, 7) is -0.206. The Bertz CT molecular complexity index is 838. The summed E-state index contributed by atoms with van der Waals surface area (Å²) in [4.78, 5) is 13.7. The van der Waals surface area contributed by atoms with Crippen molar-refractivity contribution in [3.05, 3.63) is 58.1 Å². The smallest absolute Gasteiger partial charge is 0.377 e. The summed E-state index contributed by atoms with van der Waals surface area (Å²) in [6, 6.07) is 10.2. The Morgan fingerprint density at radius 1 is 1.22 bits per heavy atom. The zero-order valence-corrected chi connectivity index (χ0v) is 16.2. The summed E-state index contributed by atoms with van der Waals surface area (Å²) in [5.74, 6) is -0.479. The number of carbonyl (C=O) groups excluding carboxylic acids is 1. The van der Waals surface area contributed by atoms with Gasteiger partial charge < -0.3 is 10.2 Å². The first-order valence-corrected chi connectivity index (χ1v) is 8.66. The van der Waals surface area contributed by atoms with E-state index < -0.39 is 17.6 Å². The van der Waals surface area contributed by atoms with Crippen LogP contribution in [0, 0.1) is 0 Å². The van der Waals surface area contributed by atoms with E-state index in [9.17, 15) is 18.0 Å². The number of rotatable bonds is 6. The summed E-state index contributed by atoms with van der Waals surface area (Å²) in [7, 11) is 3.84. The summed E-state index contributed by atoms with van der Waals surface area (Å²) in [5, 5.41) is 6.48. The second kappa shape index (κ2) is 8.90. The molecule has 27 heavy (non-hydrogen) atoms. The number of nitrogens with one attached hydrogen (secondary N) is 2. The van der Waals surface area contributed by atoms with Crippen LogP contribution in [-0.4, -0.2) is 32.8 Å². The normalized spacial score (nSPS) is 11.5. The molecule has 0 fully saturated rings. The fraction of sp³-hybridized carbons (Fsp3) is 0.222. The molecule has 0 saturated heterocycles. The molecule has 1 amide bonds. The van der Waals surface area contributed by atoms with Gasteiger partial charge in [0.2, 0.25) is 0 Å². The lowest BCUT2D eigenvalue weighted by Crippen LogP contribution is -2.26. The number of nitrogens with zero attached hydrogens (tertiary/aromatic N) is 2. The number of hydrazone groups is 1. The highest BCUT2D eigenvalue weighted by atomic mass is 79.9. The summed E-state index contributed by atoms with van der Waals surface area (Å²) < 4.78 is 38.9. The van der Waals surface area contributed by atoms with Crippen molar-refractivity contribution in [2.75, 3.05) is 30.9 Å². The molecule has 0 unspecified atom stereocenters. The fourth-order valence-corrected chi connectivity index (χ4v) is 2.92. The Balaban J connectivity index is 1.88. The number of halogens is 4. The first-order chi connectivity index (χ1) is 12.7. The first kappa shape index (κ1) is 20.8. The van der Waals surface area contributed by atoms with Crippen LogP contribution in [0.15, 0.2) is 52.0 Å². The van der Waals surface area contributed by atoms with Crippen LogP contribution in [0.4, 0.5) is 24.5 Å². The van der Waals surface area contributed by atoms with Gasteiger partial charge in [-0.3, -0.25) is 4.79 Å². The minimum Gasteiger partial charge on any atom is -0.377 e. The predicted octanol–water partition coefficient (Wildman–Crippen LogP) is 4.10. The number of carbonyl (C=O) groups is 1. The number of hydrogen-bond acceptors (Lipinski definition) is 4. The molecule has 2 N–H and O–H groups in total. The number of alkyl halides is 3. The zero-order chi connectivity index (χ0) is 20.0. The summed E-state index contributed by atoms with van der Waals surface area (Å²) >= 11 is 3.46. The van der Waals surface area contributed by atoms with Gasteiger partial charge in [-0.1, -0.05) is 12.1 Å². The molecule has 0 spiro atoms. The average Bonchev–Trinajstić information content (AvgIpc) is 2.59. The molecular weight excluding hydrogens is 425 g/mol. The Kier molecular flexibility index (Phi) is 6.84. The Hall–Kier alpha value is -2.55. The summed E-state index contributed by atoms with van der Waals surface area (Å²) in [6.07, 6.45) is -2.95. The van der Waals surface area contributed by atoms with Gasteiger partial charge in [-0.2, -0.15) is 18.3 Å². The van der Waals surface area contributed by atoms with E-state index in [0.717, 1.165) is 27.9 Å². The van der Waals surface area contributed by atoms with Crippen LogP contribution >= 0.6 is 15.9 Å². The molecule has 0 saturated carbocycles. The molecular formula is C18H18BrF3N4O. The van der Waals surface area contributed by atoms with E-state index in [0.29, 0.717) is 0 Å². The standard InChI is InChI=1S/C18H18BrF3N4O/c1-26(2)16-7-6-12(8-15(16)19)10-24-25-17(27)11-23-14-5-3-4-13(9-14)18(20,21)22/h3-10,23H,11H2,1-2H3,(H,25,27)/b24-10-. The van der Waals surface area contributed by atoms with Crippen LogP contribution in [0.3, 0.4) is 0 Å². The molecule has 9 heteroatoms. The molecule has 2 aromatic rings. The molecule has 2 aromatic carbocycles. The lowest BCUT2D eigenvalue weighted by molar-refractivity contribution is -0.137. The number of amides is 1. The minimum absolute atomic E-state index is 0.201. The number of benzene rings is 2. The Labute approximate surface area is 163 Å². The quantitative estimate of drug-likeness (QED) is 0.523. The van der Waals surface area contributed by atoms with E-state index in [-0.39, 0.29) is 12.2 Å². The van der Waals surface area contributed by atoms with Gasteiger partial charge in [0.15, 0.2) is 0 Å². The van der Waals surface area contributed by atoms with Gasteiger partial charge in [-0.05, 0) is 51.8 Å². The molecule has 0 aliphatic carbocycles. The van der Waals surface area contributed by atoms with Crippen LogP contribution in [-0.2, 0) is 11.0 Å². The summed E-state index contributed by atoms with van der Waals surface area (Å²) in [5.41, 5.74) is 3.52. The van der Waals surface area contributed by atoms with Crippen molar-refractivity contribution in [3.63, 3.8) is 0 Å². The van der Waals surface area contributed by atoms with Crippen molar-refractivity contribution >= 4 is 39.4 Å². The van der Waals surface area contributed by atoms with Crippen molar-refractivity contribution in [1.29, 1.82) is 0 Å². The van der Waals surface area contributed by atoms with E-state index >= 15 is 0 Å². The maximum Gasteiger partial charge on any atom is 0.416 e. The number of anilines is 2. The maximum absolute atomic E-state index is 12.7. The largest absolute Gasteiger partial charge is 0.416 e. The predicted molar refractivity (Wildman–Crippen MR) is 104 cm³/mol. The van der Waals surface area contributed by atoms with Crippen molar-refractivity contribution in [3.8, 4) is 0 Å². The van der Waals surface area contributed by atoms with Crippen molar-refractivity contribution in [1.82, 2.24) is 5.43 Å². The molecule has 0 aliphatic rings. The lowest BCUT2D eigenvalue weighted by atomic mass is 10.2. The van der Waals surface area contributed by atoms with Crippen molar-refractivity contribution in [2.24, 2.45) is 5.10 Å². The van der Waals surface area contributed by atoms with E-state index in [4.69, 9.17) is 0 Å². The molecule has 5 nitrogen and oxygen atoms in total. The molecule has 0 aliphatic heterocycles. The first-order valence-electron chi connectivity index (χ1n) is 7.87. The van der Waals surface area contributed by atoms with Gasteiger partial charge >= 0.3 is 6.18 Å². The van der Waals surface area contributed by atoms with Gasteiger partial charge in [-0.15, -0.1) is 0 Å². The highest BCUT2D eigenvalue weighted by Gasteiger charge is 2.30. The highest BCUT2D eigenvalue weighted by molar-refractivity contribution is 9.10. The van der Waals surface area contributed by atoms with Gasteiger partial charge in [0.05, 0.1) is 24.0 Å². The lowest BCUT2D eigenvalue weighted by Gasteiger charge is -2.14. The third kappa shape index (κ3) is 6.28. The zero-order valence-electron chi connectivity index (χ0n) is 14.6. The van der Waals surface area contributed by atoms with E-state index in [1.54, 1.807) is 0 Å². The van der Waals surface area contributed by atoms with Crippen LogP contribution < -0.4 is 15.6 Å². The van der Waals surface area contributed by atoms with Gasteiger partial charge in [0, 0.05) is 24.3 Å². The number of hydrogen-bond donors (Lipinski definition) is 2. The average molecular weight is 443 g/mol. The van der Waals surface area contributed by atoms with E-state index in [2.05, 4.69) is 31.8 Å². The SMILES string of the molecule is CN(C)c1ccc(/C=N\NC(=O)CNc2cccc(C(F)(F)F)c2)cc1Br. The van der Waals surface area contributed by atoms with Gasteiger partial charge in [-0.25, -0.2) is 5.43 Å². The van der Waals surface area contributed by atoms with Crippen LogP contribution in [0.1, 0.15) is 11.1 Å². The van der Waals surface area contributed by atoms with Crippen molar-refractivity contribution in [2.45, 2.75) is 6.18 Å². The second-order valence-electron chi connectivity index (χ2n) is 5.83. The third-order valence-electron chi connectivity index (χ3n) is 3.50. The second-order valence-corrected chi connectivity index (χ2v) is 6.68. The van der Waals surface area contributed by atoms with Gasteiger partial charge in [0.25, 0.3) is 5.91 Å². The highest BCUT2D eigenvalue weighted by Crippen LogP contribution is 2.30. The molecule has 0 radical (unpaired) electrons. The fourth-order valence-electron chi connectivity index (χ4n) is 2.17. The Morgan fingerprint density at radius 2 is 1.96 bits per heavy atom. The molecule has 144 valence electrons. The van der Waals surface area contributed by atoms with E-state index in [1.807, 2.05) is 37.2 Å². The van der Waals surface area contributed by atoms with Crippen molar-refractivity contribution < 1.29 is 18.0 Å². The maximum atomic E-state index is 12.7. The molecule has 0 bridgehead atoms. The van der Waals surface area contributed by atoms with Crippen LogP contribution in [0.25, 0.3) is 0 Å². The van der Waals surface area contributed by atoms with Crippen LogP contribution in [0.2, 0.25) is 0 Å². The molecule has 0 heterocycles. The molecule has 0 atom stereocenters. The van der Waals surface area contributed by atoms with Gasteiger partial charge in [0.1, 0.15) is 0 Å². The topological polar surface area (TPSA) is 56.7 Å².